The Labute approximate surface area is 201 Å². The first kappa shape index (κ1) is 22.7. The first-order valence-corrected chi connectivity index (χ1v) is 11.6. The topological polar surface area (TPSA) is 102 Å². The molecular formula is C27H25N5O3. The molecule has 35 heavy (non-hydrogen) atoms. The standard InChI is InChI=1S/C27H25N5O3/c1-16-10-17(2)12-19(11-16)26(33)30-24-20(14-28)13-22-25(32(24)15-21-7-5-9-35-21)29-23-18(3)6-4-8-31(23)27(22)34/h4,6,8,10-13,21H,5,7,9,15H2,1-3H3/t21-/m0/s1. The van der Waals surface area contributed by atoms with Crippen LogP contribution in [-0.2, 0) is 11.3 Å². The molecule has 1 fully saturated rings. The summed E-state index contributed by atoms with van der Waals surface area (Å²) >= 11 is 0. The Morgan fingerprint density at radius 1 is 1.20 bits per heavy atom. The van der Waals surface area contributed by atoms with Crippen molar-refractivity contribution < 1.29 is 9.53 Å². The van der Waals surface area contributed by atoms with Gasteiger partial charge in [-0.15, -0.1) is 0 Å². The van der Waals surface area contributed by atoms with Crippen molar-refractivity contribution in [2.24, 2.45) is 4.99 Å². The minimum atomic E-state index is -0.456. The van der Waals surface area contributed by atoms with Crippen LogP contribution in [-0.4, -0.2) is 32.6 Å². The minimum Gasteiger partial charge on any atom is -0.376 e. The molecule has 0 saturated carbocycles. The van der Waals surface area contributed by atoms with E-state index in [1.807, 2.05) is 32.9 Å². The molecule has 1 aromatic carbocycles. The Morgan fingerprint density at radius 2 is 1.97 bits per heavy atom. The molecule has 8 nitrogen and oxygen atoms in total. The molecule has 0 unspecified atom stereocenters. The maximum absolute atomic E-state index is 13.4. The van der Waals surface area contributed by atoms with Crippen molar-refractivity contribution in [1.29, 1.82) is 5.26 Å². The van der Waals surface area contributed by atoms with Gasteiger partial charge in [-0.3, -0.25) is 14.0 Å². The average Bonchev–Trinajstić information content (AvgIpc) is 3.34. The monoisotopic (exact) mass is 467 g/mol. The molecule has 0 radical (unpaired) electrons. The molecule has 1 saturated heterocycles. The molecule has 1 amide bonds. The van der Waals surface area contributed by atoms with Gasteiger partial charge >= 0.3 is 0 Å². The Morgan fingerprint density at radius 3 is 2.66 bits per heavy atom. The number of hydrogen-bond acceptors (Lipinski definition) is 5. The highest BCUT2D eigenvalue weighted by atomic mass is 16.5. The van der Waals surface area contributed by atoms with E-state index in [0.29, 0.717) is 35.4 Å². The van der Waals surface area contributed by atoms with Crippen molar-refractivity contribution in [3.8, 4) is 6.07 Å². The third kappa shape index (κ3) is 4.15. The number of fused-ring (bicyclic) bond motifs is 2. The van der Waals surface area contributed by atoms with Crippen molar-refractivity contribution in [3.63, 3.8) is 0 Å². The lowest BCUT2D eigenvalue weighted by Crippen LogP contribution is -2.33. The van der Waals surface area contributed by atoms with Crippen LogP contribution in [0.15, 0.2) is 52.4 Å². The number of aromatic nitrogens is 3. The Hall–Kier alpha value is -4.09. The summed E-state index contributed by atoms with van der Waals surface area (Å²) in [5.74, 6) is -0.456. The number of rotatable bonds is 3. The van der Waals surface area contributed by atoms with Gasteiger partial charge in [0, 0.05) is 18.4 Å². The zero-order valence-corrected chi connectivity index (χ0v) is 19.9. The van der Waals surface area contributed by atoms with E-state index in [1.54, 1.807) is 29.0 Å². The molecule has 8 heteroatoms. The second-order valence-corrected chi connectivity index (χ2v) is 9.07. The second-order valence-electron chi connectivity index (χ2n) is 9.07. The van der Waals surface area contributed by atoms with Gasteiger partial charge in [-0.1, -0.05) is 23.3 Å². The Bertz CT molecular complexity index is 1650. The largest absolute Gasteiger partial charge is 0.376 e. The fraction of sp³-hybridized carbons (Fsp3) is 0.296. The number of amides is 1. The van der Waals surface area contributed by atoms with Crippen LogP contribution in [0, 0.1) is 32.1 Å². The molecule has 176 valence electrons. The highest BCUT2D eigenvalue weighted by Gasteiger charge is 2.21. The van der Waals surface area contributed by atoms with E-state index in [2.05, 4.69) is 11.1 Å². The van der Waals surface area contributed by atoms with Crippen LogP contribution >= 0.6 is 0 Å². The third-order valence-electron chi connectivity index (χ3n) is 6.31. The Balaban J connectivity index is 1.85. The first-order valence-electron chi connectivity index (χ1n) is 11.6. The van der Waals surface area contributed by atoms with Crippen molar-refractivity contribution in [1.82, 2.24) is 14.0 Å². The van der Waals surface area contributed by atoms with Crippen molar-refractivity contribution in [2.75, 3.05) is 6.61 Å². The lowest BCUT2D eigenvalue weighted by molar-refractivity contribution is 0.0952. The molecule has 3 aromatic heterocycles. The third-order valence-corrected chi connectivity index (χ3v) is 6.31. The van der Waals surface area contributed by atoms with Crippen LogP contribution in [0.25, 0.3) is 16.7 Å². The molecule has 0 aliphatic carbocycles. The maximum atomic E-state index is 13.4. The molecule has 4 aromatic rings. The summed E-state index contributed by atoms with van der Waals surface area (Å²) in [6, 6.07) is 12.8. The van der Waals surface area contributed by atoms with Crippen LogP contribution in [0.5, 0.6) is 0 Å². The summed E-state index contributed by atoms with van der Waals surface area (Å²) in [5.41, 5.74) is 4.12. The van der Waals surface area contributed by atoms with Gasteiger partial charge in [-0.05, 0) is 63.4 Å². The SMILES string of the molecule is Cc1cc(C)cc(C(=O)N=c2c(C#N)cc3c(=O)n4cccc(C)c4nc3n2C[C@@H]2CCCO2)c1. The number of hydrogen-bond donors (Lipinski definition) is 0. The fourth-order valence-corrected chi connectivity index (χ4v) is 4.71. The van der Waals surface area contributed by atoms with Gasteiger partial charge in [0.2, 0.25) is 0 Å². The average molecular weight is 468 g/mol. The number of carbonyl (C=O) groups excluding carboxylic acids is 1. The lowest BCUT2D eigenvalue weighted by Gasteiger charge is -2.17. The van der Waals surface area contributed by atoms with Gasteiger partial charge in [0.05, 0.1) is 23.6 Å². The molecule has 0 bridgehead atoms. The smallest absolute Gasteiger partial charge is 0.279 e. The molecule has 0 N–H and O–H groups in total. The predicted octanol–water partition coefficient (Wildman–Crippen LogP) is 3.37. The molecule has 5 rings (SSSR count). The number of carbonyl (C=O) groups is 1. The van der Waals surface area contributed by atoms with E-state index in [1.165, 1.54) is 10.5 Å². The zero-order chi connectivity index (χ0) is 24.7. The highest BCUT2D eigenvalue weighted by Crippen LogP contribution is 2.18. The van der Waals surface area contributed by atoms with E-state index >= 15 is 0 Å². The van der Waals surface area contributed by atoms with Gasteiger partial charge < -0.3 is 9.30 Å². The summed E-state index contributed by atoms with van der Waals surface area (Å²) in [5, 5.41) is 10.3. The Kier molecular flexibility index (Phi) is 5.79. The number of nitrogens with zero attached hydrogens (tertiary/aromatic N) is 5. The number of nitriles is 1. The van der Waals surface area contributed by atoms with E-state index < -0.39 is 5.91 Å². The lowest BCUT2D eigenvalue weighted by atomic mass is 10.1. The van der Waals surface area contributed by atoms with Gasteiger partial charge in [-0.2, -0.15) is 10.3 Å². The quantitative estimate of drug-likeness (QED) is 0.430. The summed E-state index contributed by atoms with van der Waals surface area (Å²) in [4.78, 5) is 35.9. The summed E-state index contributed by atoms with van der Waals surface area (Å²) < 4.78 is 9.04. The zero-order valence-electron chi connectivity index (χ0n) is 19.9. The maximum Gasteiger partial charge on any atom is 0.279 e. The summed E-state index contributed by atoms with van der Waals surface area (Å²) in [7, 11) is 0. The normalized spacial score (nSPS) is 16.2. The van der Waals surface area contributed by atoms with Gasteiger partial charge in [0.15, 0.2) is 5.49 Å². The number of ether oxygens (including phenoxy) is 1. The van der Waals surface area contributed by atoms with Crippen molar-refractivity contribution in [3.05, 3.63) is 86.3 Å². The molecule has 4 heterocycles. The molecule has 1 aliphatic heterocycles. The van der Waals surface area contributed by atoms with E-state index in [9.17, 15) is 14.9 Å². The van der Waals surface area contributed by atoms with Crippen molar-refractivity contribution in [2.45, 2.75) is 46.3 Å². The fourth-order valence-electron chi connectivity index (χ4n) is 4.71. The number of pyridine rings is 2. The van der Waals surface area contributed by atoms with Gasteiger partial charge in [0.1, 0.15) is 17.4 Å². The highest BCUT2D eigenvalue weighted by molar-refractivity contribution is 5.95. The first-order chi connectivity index (χ1) is 16.9. The minimum absolute atomic E-state index is 0.125. The second kappa shape index (κ2) is 8.93. The summed E-state index contributed by atoms with van der Waals surface area (Å²) in [6.07, 6.45) is 3.30. The van der Waals surface area contributed by atoms with E-state index in [-0.39, 0.29) is 22.7 Å². The molecule has 1 atom stereocenters. The van der Waals surface area contributed by atoms with Crippen molar-refractivity contribution >= 4 is 22.6 Å². The molecule has 0 spiro atoms. The van der Waals surface area contributed by atoms with Crippen LogP contribution in [0.3, 0.4) is 0 Å². The van der Waals surface area contributed by atoms with Gasteiger partial charge in [-0.25, -0.2) is 4.98 Å². The summed E-state index contributed by atoms with van der Waals surface area (Å²) in [6.45, 7) is 6.70. The number of aryl methyl sites for hydroxylation is 3. The van der Waals surface area contributed by atoms with Gasteiger partial charge in [0.25, 0.3) is 11.5 Å². The van der Waals surface area contributed by atoms with Crippen LogP contribution in [0.1, 0.15) is 45.5 Å². The van der Waals surface area contributed by atoms with E-state index in [4.69, 9.17) is 9.72 Å². The van der Waals surface area contributed by atoms with Crippen LogP contribution in [0.4, 0.5) is 0 Å². The van der Waals surface area contributed by atoms with E-state index in [0.717, 1.165) is 29.5 Å². The number of benzene rings is 1. The molecule has 1 aliphatic rings. The molecular weight excluding hydrogens is 442 g/mol. The van der Waals surface area contributed by atoms with Crippen LogP contribution in [0.2, 0.25) is 0 Å². The van der Waals surface area contributed by atoms with Crippen LogP contribution < -0.4 is 11.0 Å². The predicted molar refractivity (Wildman–Crippen MR) is 131 cm³/mol.